The molecular weight excluding hydrogens is 345 g/mol. The van der Waals surface area contributed by atoms with E-state index in [1.54, 1.807) is 0 Å². The zero-order chi connectivity index (χ0) is 13.0. The SMILES string of the molecule is [B]c1nc(=C(\C#N)CBr)/c(=C\C(C)Br)n1CC. The summed E-state index contributed by atoms with van der Waals surface area (Å²) in [5.74, 6) is 0. The van der Waals surface area contributed by atoms with E-state index < -0.39 is 0 Å². The van der Waals surface area contributed by atoms with E-state index in [-0.39, 0.29) is 4.83 Å². The summed E-state index contributed by atoms with van der Waals surface area (Å²) in [6.45, 7) is 4.73. The number of nitriles is 1. The molecule has 6 heteroatoms. The molecule has 0 N–H and O–H groups in total. The molecule has 0 aliphatic rings. The second-order valence-corrected chi connectivity index (χ2v) is 5.52. The highest BCUT2D eigenvalue weighted by Gasteiger charge is 2.06. The predicted octanol–water partition coefficient (Wildman–Crippen LogP) is 0.330. The van der Waals surface area contributed by atoms with E-state index in [2.05, 4.69) is 42.9 Å². The Morgan fingerprint density at radius 1 is 1.71 bits per heavy atom. The van der Waals surface area contributed by atoms with Crippen LogP contribution < -0.4 is 16.4 Å². The van der Waals surface area contributed by atoms with E-state index in [1.807, 2.05) is 24.5 Å². The highest BCUT2D eigenvalue weighted by molar-refractivity contribution is 9.09. The highest BCUT2D eigenvalue weighted by Crippen LogP contribution is 1.98. The van der Waals surface area contributed by atoms with Crippen molar-refractivity contribution in [2.45, 2.75) is 25.2 Å². The van der Waals surface area contributed by atoms with Gasteiger partial charge in [-0.15, -0.1) is 0 Å². The minimum Gasteiger partial charge on any atom is -0.338 e. The van der Waals surface area contributed by atoms with Crippen molar-refractivity contribution in [1.82, 2.24) is 9.55 Å². The normalized spacial score (nSPS) is 15.6. The van der Waals surface area contributed by atoms with Crippen LogP contribution in [0.15, 0.2) is 0 Å². The topological polar surface area (TPSA) is 41.6 Å². The minimum absolute atomic E-state index is 0.193. The molecule has 0 bridgehead atoms. The lowest BCUT2D eigenvalue weighted by molar-refractivity contribution is 0.760. The highest BCUT2D eigenvalue weighted by atomic mass is 79.9. The van der Waals surface area contributed by atoms with Crippen molar-refractivity contribution in [3.05, 3.63) is 10.7 Å². The molecule has 0 saturated heterocycles. The van der Waals surface area contributed by atoms with Crippen LogP contribution in [0.3, 0.4) is 0 Å². The van der Waals surface area contributed by atoms with Crippen LogP contribution in [-0.2, 0) is 6.54 Å². The van der Waals surface area contributed by atoms with E-state index in [1.165, 1.54) is 0 Å². The number of rotatable bonds is 3. The van der Waals surface area contributed by atoms with Crippen LogP contribution in [0.5, 0.6) is 0 Å². The van der Waals surface area contributed by atoms with Gasteiger partial charge in [0, 0.05) is 16.7 Å². The lowest BCUT2D eigenvalue weighted by Crippen LogP contribution is -2.34. The first kappa shape index (κ1) is 14.5. The molecule has 3 nitrogen and oxygen atoms in total. The molecule has 0 aromatic carbocycles. The fourth-order valence-electron chi connectivity index (χ4n) is 1.57. The average Bonchev–Trinajstić information content (AvgIpc) is 2.56. The van der Waals surface area contributed by atoms with E-state index in [0.29, 0.717) is 22.0 Å². The van der Waals surface area contributed by atoms with Crippen LogP contribution >= 0.6 is 31.9 Å². The summed E-state index contributed by atoms with van der Waals surface area (Å²) in [6, 6.07) is 2.15. The molecular formula is C11H12BBr2N3. The molecule has 0 fully saturated rings. The molecule has 1 aromatic heterocycles. The number of imidazole rings is 1. The maximum atomic E-state index is 9.08. The van der Waals surface area contributed by atoms with Gasteiger partial charge in [-0.3, -0.25) is 0 Å². The molecule has 0 aliphatic heterocycles. The van der Waals surface area contributed by atoms with Crippen LogP contribution in [0.4, 0.5) is 0 Å². The van der Waals surface area contributed by atoms with Crippen molar-refractivity contribution in [2.75, 3.05) is 5.33 Å². The summed E-state index contributed by atoms with van der Waals surface area (Å²) in [7, 11) is 5.85. The quantitative estimate of drug-likeness (QED) is 0.578. The Labute approximate surface area is 119 Å². The fraction of sp³-hybridized carbons (Fsp3) is 0.455. The van der Waals surface area contributed by atoms with Crippen LogP contribution in [0.1, 0.15) is 13.8 Å². The zero-order valence-corrected chi connectivity index (χ0v) is 12.9. The van der Waals surface area contributed by atoms with E-state index in [9.17, 15) is 0 Å². The summed E-state index contributed by atoms with van der Waals surface area (Å²) < 4.78 is 1.90. The van der Waals surface area contributed by atoms with Gasteiger partial charge in [-0.25, -0.2) is 4.98 Å². The van der Waals surface area contributed by atoms with Crippen LogP contribution in [0.25, 0.3) is 11.6 Å². The van der Waals surface area contributed by atoms with Gasteiger partial charge in [-0.05, 0) is 19.9 Å². The number of nitrogens with zero attached hydrogens (tertiary/aromatic N) is 3. The maximum absolute atomic E-state index is 9.08. The Bertz CT molecular complexity index is 554. The molecule has 88 valence electrons. The van der Waals surface area contributed by atoms with Crippen LogP contribution in [0, 0.1) is 11.3 Å². The number of hydrogen-bond donors (Lipinski definition) is 0. The first-order valence-electron chi connectivity index (χ1n) is 5.22. The van der Waals surface area contributed by atoms with Crippen molar-refractivity contribution in [3.8, 4) is 6.07 Å². The van der Waals surface area contributed by atoms with Gasteiger partial charge in [0.1, 0.15) is 5.35 Å². The second-order valence-electron chi connectivity index (χ2n) is 3.52. The summed E-state index contributed by atoms with van der Waals surface area (Å²) >= 11 is 6.76. The fourth-order valence-corrected chi connectivity index (χ4v) is 2.21. The predicted molar refractivity (Wildman–Crippen MR) is 78.2 cm³/mol. The second kappa shape index (κ2) is 6.41. The van der Waals surface area contributed by atoms with Gasteiger partial charge in [0.2, 0.25) is 0 Å². The van der Waals surface area contributed by atoms with Crippen molar-refractivity contribution < 1.29 is 0 Å². The summed E-state index contributed by atoms with van der Waals surface area (Å²) in [5.41, 5.74) is 1.03. The number of halogens is 2. The third-order valence-electron chi connectivity index (χ3n) is 2.29. The average molecular weight is 357 g/mol. The van der Waals surface area contributed by atoms with Crippen molar-refractivity contribution in [1.29, 1.82) is 5.26 Å². The van der Waals surface area contributed by atoms with Gasteiger partial charge < -0.3 is 4.57 Å². The van der Waals surface area contributed by atoms with Gasteiger partial charge in [0.05, 0.1) is 22.7 Å². The number of alkyl halides is 2. The van der Waals surface area contributed by atoms with E-state index in [0.717, 1.165) is 11.9 Å². The molecule has 17 heavy (non-hydrogen) atoms. The van der Waals surface area contributed by atoms with Crippen molar-refractivity contribution in [2.24, 2.45) is 0 Å². The van der Waals surface area contributed by atoms with Gasteiger partial charge in [-0.2, -0.15) is 5.26 Å². The lowest BCUT2D eigenvalue weighted by atomic mass is 10.1. The standard InChI is InChI=1S/C11H12BBr2N3/c1-3-17-9(4-7(2)14)10(16-11(17)12)8(5-13)6-15/h4,7H,3,5H2,1-2H3/b9-4+,10-8-. The lowest BCUT2D eigenvalue weighted by Gasteiger charge is -2.01. The maximum Gasteiger partial charge on any atom is 0.167 e. The molecule has 1 unspecified atom stereocenters. The minimum atomic E-state index is 0.193. The van der Waals surface area contributed by atoms with Crippen LogP contribution in [-0.4, -0.2) is 27.6 Å². The molecule has 1 rings (SSSR count). The monoisotopic (exact) mass is 355 g/mol. The van der Waals surface area contributed by atoms with Crippen molar-refractivity contribution in [3.63, 3.8) is 0 Å². The molecule has 0 aliphatic carbocycles. The molecule has 0 amide bonds. The Hall–Kier alpha value is -0.535. The smallest absolute Gasteiger partial charge is 0.167 e. The summed E-state index contributed by atoms with van der Waals surface area (Å²) in [6.07, 6.45) is 2.00. The first-order valence-corrected chi connectivity index (χ1v) is 7.26. The van der Waals surface area contributed by atoms with Gasteiger partial charge in [-0.1, -0.05) is 31.9 Å². The Morgan fingerprint density at radius 2 is 2.35 bits per heavy atom. The Balaban J connectivity index is 3.77. The third-order valence-corrected chi connectivity index (χ3v) is 3.12. The summed E-state index contributed by atoms with van der Waals surface area (Å²) in [4.78, 5) is 4.47. The molecule has 1 heterocycles. The van der Waals surface area contributed by atoms with Crippen molar-refractivity contribution >= 4 is 57.1 Å². The van der Waals surface area contributed by atoms with Gasteiger partial charge >= 0.3 is 0 Å². The molecule has 2 radical (unpaired) electrons. The molecule has 0 spiro atoms. The largest absolute Gasteiger partial charge is 0.338 e. The first-order chi connectivity index (χ1) is 8.04. The van der Waals surface area contributed by atoms with E-state index in [4.69, 9.17) is 13.1 Å². The Morgan fingerprint density at radius 3 is 2.76 bits per heavy atom. The molecule has 1 atom stereocenters. The van der Waals surface area contributed by atoms with E-state index >= 15 is 0 Å². The molecule has 1 aromatic rings. The van der Waals surface area contributed by atoms with Crippen LogP contribution in [0.2, 0.25) is 0 Å². The number of hydrogen-bond acceptors (Lipinski definition) is 2. The zero-order valence-electron chi connectivity index (χ0n) is 9.74. The molecule has 0 saturated carbocycles. The third kappa shape index (κ3) is 3.23. The Kier molecular flexibility index (Phi) is 5.48. The summed E-state index contributed by atoms with van der Waals surface area (Å²) in [5, 5.41) is 11.1. The van der Waals surface area contributed by atoms with Gasteiger partial charge in [0.25, 0.3) is 0 Å². The van der Waals surface area contributed by atoms with Gasteiger partial charge in [0.15, 0.2) is 7.85 Å². The number of aromatic nitrogens is 2.